The van der Waals surface area contributed by atoms with Gasteiger partial charge in [-0.2, -0.15) is 0 Å². The second kappa shape index (κ2) is 9.28. The standard InChI is InChI=1S/C18H22N2O5S/c1-3-5-8-25-13-7-6-12(9-14(13)24-4-2)10-15-17(22)20(11-16(19)21)18(23)26-15/h6-7,9-10H,3-5,8,11H2,1-2H3,(H2,19,21)/b15-10-. The number of ether oxygens (including phenoxy) is 2. The number of hydrogen-bond acceptors (Lipinski definition) is 6. The zero-order valence-corrected chi connectivity index (χ0v) is 15.6. The van der Waals surface area contributed by atoms with Crippen molar-refractivity contribution >= 4 is 34.9 Å². The predicted molar refractivity (Wildman–Crippen MR) is 99.9 cm³/mol. The van der Waals surface area contributed by atoms with Crippen molar-refractivity contribution in [2.45, 2.75) is 26.7 Å². The van der Waals surface area contributed by atoms with Crippen LogP contribution >= 0.6 is 11.8 Å². The molecule has 0 saturated carbocycles. The highest BCUT2D eigenvalue weighted by Gasteiger charge is 2.35. The zero-order valence-electron chi connectivity index (χ0n) is 14.8. The van der Waals surface area contributed by atoms with Gasteiger partial charge in [-0.1, -0.05) is 19.4 Å². The number of rotatable bonds is 9. The van der Waals surface area contributed by atoms with E-state index in [9.17, 15) is 14.4 Å². The summed E-state index contributed by atoms with van der Waals surface area (Å²) in [7, 11) is 0. The minimum atomic E-state index is -0.735. The number of imide groups is 1. The first kappa shape index (κ1) is 19.8. The summed E-state index contributed by atoms with van der Waals surface area (Å²) in [6, 6.07) is 5.32. The van der Waals surface area contributed by atoms with Crippen molar-refractivity contribution in [3.8, 4) is 11.5 Å². The van der Waals surface area contributed by atoms with Crippen LogP contribution in [0, 0.1) is 0 Å². The maximum Gasteiger partial charge on any atom is 0.294 e. The lowest BCUT2D eigenvalue weighted by molar-refractivity contribution is -0.127. The van der Waals surface area contributed by atoms with Crippen LogP contribution in [0.4, 0.5) is 4.79 Å². The Balaban J connectivity index is 2.21. The number of primary amides is 1. The Morgan fingerprint density at radius 2 is 2.00 bits per heavy atom. The number of nitrogens with zero attached hydrogens (tertiary/aromatic N) is 1. The third-order valence-corrected chi connectivity index (χ3v) is 4.42. The predicted octanol–water partition coefficient (Wildman–Crippen LogP) is 2.79. The van der Waals surface area contributed by atoms with Crippen LogP contribution in [-0.2, 0) is 9.59 Å². The Morgan fingerprint density at radius 1 is 1.23 bits per heavy atom. The molecule has 0 spiro atoms. The SMILES string of the molecule is CCCCOc1ccc(/C=C2\SC(=O)N(CC(N)=O)C2=O)cc1OCC. The van der Waals surface area contributed by atoms with Gasteiger partial charge >= 0.3 is 0 Å². The molecule has 2 N–H and O–H groups in total. The summed E-state index contributed by atoms with van der Waals surface area (Å²) < 4.78 is 11.3. The van der Waals surface area contributed by atoms with E-state index >= 15 is 0 Å². The highest BCUT2D eigenvalue weighted by molar-refractivity contribution is 8.18. The van der Waals surface area contributed by atoms with E-state index in [0.717, 1.165) is 29.5 Å². The maximum atomic E-state index is 12.3. The summed E-state index contributed by atoms with van der Waals surface area (Å²) in [4.78, 5) is 36.2. The molecular weight excluding hydrogens is 356 g/mol. The number of nitrogens with two attached hydrogens (primary N) is 1. The van der Waals surface area contributed by atoms with Crippen LogP contribution in [0.3, 0.4) is 0 Å². The molecule has 0 aliphatic carbocycles. The topological polar surface area (TPSA) is 98.9 Å². The van der Waals surface area contributed by atoms with E-state index in [1.807, 2.05) is 6.92 Å². The molecule has 7 nitrogen and oxygen atoms in total. The average Bonchev–Trinajstić information content (AvgIpc) is 2.84. The summed E-state index contributed by atoms with van der Waals surface area (Å²) in [6.45, 7) is 4.61. The number of carbonyl (C=O) groups is 3. The Kier molecular flexibility index (Phi) is 7.08. The van der Waals surface area contributed by atoms with Crippen molar-refractivity contribution in [3.05, 3.63) is 28.7 Å². The lowest BCUT2D eigenvalue weighted by Crippen LogP contribution is -2.36. The van der Waals surface area contributed by atoms with E-state index in [-0.39, 0.29) is 4.91 Å². The summed E-state index contributed by atoms with van der Waals surface area (Å²) >= 11 is 0.778. The molecule has 0 bridgehead atoms. The van der Waals surface area contributed by atoms with Gasteiger partial charge in [0.2, 0.25) is 5.91 Å². The van der Waals surface area contributed by atoms with Crippen molar-refractivity contribution in [2.75, 3.05) is 19.8 Å². The zero-order chi connectivity index (χ0) is 19.1. The van der Waals surface area contributed by atoms with Gasteiger partial charge in [0, 0.05) is 0 Å². The average molecular weight is 378 g/mol. The Hall–Kier alpha value is -2.48. The van der Waals surface area contributed by atoms with Gasteiger partial charge in [0.05, 0.1) is 18.1 Å². The molecule has 1 fully saturated rings. The van der Waals surface area contributed by atoms with Crippen molar-refractivity contribution in [1.29, 1.82) is 0 Å². The van der Waals surface area contributed by atoms with Crippen LogP contribution in [0.15, 0.2) is 23.1 Å². The summed E-state index contributed by atoms with van der Waals surface area (Å²) in [6.07, 6.45) is 3.56. The second-order valence-electron chi connectivity index (χ2n) is 5.58. The molecule has 0 aromatic heterocycles. The van der Waals surface area contributed by atoms with E-state index in [1.54, 1.807) is 24.3 Å². The minimum absolute atomic E-state index is 0.235. The smallest absolute Gasteiger partial charge is 0.294 e. The summed E-state index contributed by atoms with van der Waals surface area (Å²) in [5.74, 6) is -0.0474. The molecule has 1 heterocycles. The molecule has 26 heavy (non-hydrogen) atoms. The molecule has 1 aromatic rings. The summed E-state index contributed by atoms with van der Waals surface area (Å²) in [5, 5.41) is -0.510. The molecule has 0 unspecified atom stereocenters. The highest BCUT2D eigenvalue weighted by atomic mass is 32.2. The van der Waals surface area contributed by atoms with Crippen LogP contribution in [-0.4, -0.2) is 41.7 Å². The van der Waals surface area contributed by atoms with Gasteiger partial charge in [-0.15, -0.1) is 0 Å². The lowest BCUT2D eigenvalue weighted by Gasteiger charge is -2.12. The third-order valence-electron chi connectivity index (χ3n) is 3.51. The van der Waals surface area contributed by atoms with Crippen LogP contribution < -0.4 is 15.2 Å². The monoisotopic (exact) mass is 378 g/mol. The molecule has 1 saturated heterocycles. The van der Waals surface area contributed by atoms with Gasteiger partial charge < -0.3 is 15.2 Å². The molecule has 3 amide bonds. The van der Waals surface area contributed by atoms with Crippen LogP contribution in [0.5, 0.6) is 11.5 Å². The Bertz CT molecular complexity index is 732. The van der Waals surface area contributed by atoms with Gasteiger partial charge in [0.1, 0.15) is 6.54 Å². The molecular formula is C18H22N2O5S. The van der Waals surface area contributed by atoms with Crippen molar-refractivity contribution < 1.29 is 23.9 Å². The quantitative estimate of drug-likeness (QED) is 0.524. The third kappa shape index (κ3) is 5.01. The molecule has 1 aliphatic rings. The van der Waals surface area contributed by atoms with Crippen molar-refractivity contribution in [3.63, 3.8) is 0 Å². The van der Waals surface area contributed by atoms with Gasteiger partial charge in [0.25, 0.3) is 11.1 Å². The van der Waals surface area contributed by atoms with Gasteiger partial charge in [-0.05, 0) is 48.9 Å². The van der Waals surface area contributed by atoms with E-state index in [1.165, 1.54) is 0 Å². The number of hydrogen-bond donors (Lipinski definition) is 1. The largest absolute Gasteiger partial charge is 0.490 e. The van der Waals surface area contributed by atoms with Crippen LogP contribution in [0.1, 0.15) is 32.3 Å². The molecule has 0 radical (unpaired) electrons. The lowest BCUT2D eigenvalue weighted by atomic mass is 10.2. The van der Waals surface area contributed by atoms with Crippen LogP contribution in [0.25, 0.3) is 6.08 Å². The first-order valence-corrected chi connectivity index (χ1v) is 9.21. The highest BCUT2D eigenvalue weighted by Crippen LogP contribution is 2.34. The maximum absolute atomic E-state index is 12.3. The number of unbranched alkanes of at least 4 members (excludes halogenated alkanes) is 1. The molecule has 2 rings (SSSR count). The normalized spacial score (nSPS) is 15.6. The molecule has 0 atom stereocenters. The number of benzene rings is 1. The molecule has 8 heteroatoms. The van der Waals surface area contributed by atoms with Gasteiger partial charge in [0.15, 0.2) is 11.5 Å². The van der Waals surface area contributed by atoms with E-state index in [4.69, 9.17) is 15.2 Å². The van der Waals surface area contributed by atoms with E-state index < -0.39 is 23.6 Å². The fraction of sp³-hybridized carbons (Fsp3) is 0.389. The van der Waals surface area contributed by atoms with E-state index in [2.05, 4.69) is 6.92 Å². The van der Waals surface area contributed by atoms with Crippen molar-refractivity contribution in [1.82, 2.24) is 4.90 Å². The minimum Gasteiger partial charge on any atom is -0.490 e. The fourth-order valence-electron chi connectivity index (χ4n) is 2.27. The molecule has 1 aliphatic heterocycles. The van der Waals surface area contributed by atoms with E-state index in [0.29, 0.717) is 30.3 Å². The molecule has 1 aromatic carbocycles. The fourth-order valence-corrected chi connectivity index (χ4v) is 3.11. The number of amides is 3. The van der Waals surface area contributed by atoms with Crippen LogP contribution in [0.2, 0.25) is 0 Å². The number of carbonyl (C=O) groups excluding carboxylic acids is 3. The van der Waals surface area contributed by atoms with Gasteiger partial charge in [-0.25, -0.2) is 0 Å². The Morgan fingerprint density at radius 3 is 2.65 bits per heavy atom. The van der Waals surface area contributed by atoms with Crippen molar-refractivity contribution in [2.24, 2.45) is 5.73 Å². The first-order chi connectivity index (χ1) is 12.5. The van der Waals surface area contributed by atoms with Gasteiger partial charge in [-0.3, -0.25) is 19.3 Å². The first-order valence-electron chi connectivity index (χ1n) is 8.39. The Labute approximate surface area is 156 Å². The molecule has 140 valence electrons. The second-order valence-corrected chi connectivity index (χ2v) is 6.57. The summed E-state index contributed by atoms with van der Waals surface area (Å²) in [5.41, 5.74) is 5.77. The number of thioether (sulfide) groups is 1.